The second-order valence-electron chi connectivity index (χ2n) is 2.93. The second kappa shape index (κ2) is 5.44. The lowest BCUT2D eigenvalue weighted by Gasteiger charge is -2.13. The molecular weight excluding hydrogens is 258 g/mol. The number of hydrogen-bond acceptors (Lipinski definition) is 5. The Labute approximate surface area is 98.1 Å². The van der Waals surface area contributed by atoms with Crippen LogP contribution in [0.25, 0.3) is 0 Å². The summed E-state index contributed by atoms with van der Waals surface area (Å²) in [6.45, 7) is 1.25. The van der Waals surface area contributed by atoms with Crippen LogP contribution >= 0.6 is 11.6 Å². The molecule has 1 atom stereocenters. The first-order valence-electron chi connectivity index (χ1n) is 4.27. The average Bonchev–Trinajstić information content (AvgIpc) is 2.18. The van der Waals surface area contributed by atoms with Gasteiger partial charge in [0, 0.05) is 6.20 Å². The molecular formula is C8H10ClNO5S. The van der Waals surface area contributed by atoms with E-state index in [1.807, 2.05) is 0 Å². The molecule has 0 amide bonds. The van der Waals surface area contributed by atoms with Gasteiger partial charge in [0.15, 0.2) is 10.9 Å². The maximum atomic E-state index is 10.3. The molecule has 1 heterocycles. The minimum Gasteiger partial charge on any atom is -0.485 e. The summed E-state index contributed by atoms with van der Waals surface area (Å²) in [5, 5.41) is 0.168. The van der Waals surface area contributed by atoms with Gasteiger partial charge < -0.3 is 4.74 Å². The smallest absolute Gasteiger partial charge is 0.397 e. The van der Waals surface area contributed by atoms with Gasteiger partial charge in [0.05, 0.1) is 0 Å². The second-order valence-corrected chi connectivity index (χ2v) is 4.38. The summed E-state index contributed by atoms with van der Waals surface area (Å²) in [5.41, 5.74) is 0. The maximum Gasteiger partial charge on any atom is 0.397 e. The lowest BCUT2D eigenvalue weighted by atomic mass is 10.4. The van der Waals surface area contributed by atoms with Gasteiger partial charge in [-0.3, -0.25) is 4.55 Å². The number of hydrogen-bond donors (Lipinski definition) is 1. The van der Waals surface area contributed by atoms with Gasteiger partial charge in [-0.05, 0) is 19.1 Å². The molecule has 0 spiro atoms. The van der Waals surface area contributed by atoms with E-state index in [0.717, 1.165) is 0 Å². The SMILES string of the molecule is C[C@H](COS(=O)(=O)O)Oc1cccnc1Cl. The van der Waals surface area contributed by atoms with E-state index in [0.29, 0.717) is 5.75 Å². The highest BCUT2D eigenvalue weighted by atomic mass is 35.5. The Morgan fingerprint density at radius 2 is 2.31 bits per heavy atom. The van der Waals surface area contributed by atoms with Crippen molar-refractivity contribution in [3.8, 4) is 5.75 Å². The summed E-state index contributed by atoms with van der Waals surface area (Å²) >= 11 is 5.71. The molecule has 6 nitrogen and oxygen atoms in total. The van der Waals surface area contributed by atoms with Crippen molar-refractivity contribution < 1.29 is 21.9 Å². The fourth-order valence-corrected chi connectivity index (χ4v) is 1.42. The van der Waals surface area contributed by atoms with Gasteiger partial charge in [0.25, 0.3) is 0 Å². The van der Waals surface area contributed by atoms with Crippen LogP contribution in [0.3, 0.4) is 0 Å². The third kappa shape index (κ3) is 4.75. The molecule has 1 aromatic rings. The van der Waals surface area contributed by atoms with Gasteiger partial charge in [0.2, 0.25) is 0 Å². The average molecular weight is 268 g/mol. The van der Waals surface area contributed by atoms with Gasteiger partial charge in [-0.15, -0.1) is 0 Å². The van der Waals surface area contributed by atoms with E-state index >= 15 is 0 Å². The molecule has 0 radical (unpaired) electrons. The molecule has 0 bridgehead atoms. The molecule has 0 saturated heterocycles. The van der Waals surface area contributed by atoms with E-state index in [4.69, 9.17) is 20.9 Å². The fourth-order valence-electron chi connectivity index (χ4n) is 0.892. The first-order chi connectivity index (χ1) is 7.38. The Bertz CT molecular complexity index is 449. The Morgan fingerprint density at radius 3 is 2.88 bits per heavy atom. The molecule has 0 aliphatic carbocycles. The van der Waals surface area contributed by atoms with Gasteiger partial charge in [-0.25, -0.2) is 9.17 Å². The van der Waals surface area contributed by atoms with Crippen LogP contribution in [-0.4, -0.2) is 30.7 Å². The van der Waals surface area contributed by atoms with Crippen LogP contribution in [0.1, 0.15) is 6.92 Å². The Hall–Kier alpha value is -0.890. The monoisotopic (exact) mass is 267 g/mol. The highest BCUT2D eigenvalue weighted by Gasteiger charge is 2.12. The summed E-state index contributed by atoms with van der Waals surface area (Å²) < 4.78 is 38.3. The lowest BCUT2D eigenvalue weighted by Crippen LogP contribution is -2.21. The number of nitrogens with zero attached hydrogens (tertiary/aromatic N) is 1. The molecule has 16 heavy (non-hydrogen) atoms. The van der Waals surface area contributed by atoms with Gasteiger partial charge >= 0.3 is 10.4 Å². The van der Waals surface area contributed by atoms with E-state index in [2.05, 4.69) is 9.17 Å². The molecule has 1 rings (SSSR count). The molecule has 0 aromatic carbocycles. The minimum atomic E-state index is -4.45. The van der Waals surface area contributed by atoms with Crippen LogP contribution < -0.4 is 4.74 Å². The molecule has 8 heteroatoms. The Balaban J connectivity index is 2.52. The highest BCUT2D eigenvalue weighted by Crippen LogP contribution is 2.21. The quantitative estimate of drug-likeness (QED) is 0.640. The predicted octanol–water partition coefficient (Wildman–Crippen LogP) is 1.32. The van der Waals surface area contributed by atoms with E-state index in [-0.39, 0.29) is 11.8 Å². The summed E-state index contributed by atoms with van der Waals surface area (Å²) in [6, 6.07) is 3.21. The molecule has 1 aromatic heterocycles. The zero-order valence-corrected chi connectivity index (χ0v) is 9.90. The van der Waals surface area contributed by atoms with E-state index in [1.54, 1.807) is 19.1 Å². The van der Waals surface area contributed by atoms with Crippen LogP contribution in [-0.2, 0) is 14.6 Å². The van der Waals surface area contributed by atoms with Crippen molar-refractivity contribution in [2.24, 2.45) is 0 Å². The van der Waals surface area contributed by atoms with Crippen LogP contribution in [0.4, 0.5) is 0 Å². The molecule has 0 saturated carbocycles. The van der Waals surface area contributed by atoms with Crippen molar-refractivity contribution in [2.75, 3.05) is 6.61 Å². The van der Waals surface area contributed by atoms with Gasteiger partial charge in [-0.2, -0.15) is 8.42 Å². The van der Waals surface area contributed by atoms with Crippen LogP contribution in [0.5, 0.6) is 5.75 Å². The highest BCUT2D eigenvalue weighted by molar-refractivity contribution is 7.80. The van der Waals surface area contributed by atoms with Crippen molar-refractivity contribution in [1.29, 1.82) is 0 Å². The summed E-state index contributed by atoms with van der Waals surface area (Å²) in [6.07, 6.45) is 0.901. The summed E-state index contributed by atoms with van der Waals surface area (Å²) in [5.74, 6) is 0.315. The number of ether oxygens (including phenoxy) is 1. The Kier molecular flexibility index (Phi) is 4.48. The Morgan fingerprint density at radius 1 is 1.62 bits per heavy atom. The topological polar surface area (TPSA) is 85.7 Å². The standard InChI is InChI=1S/C8H10ClNO5S/c1-6(5-14-16(11,12)13)15-7-3-2-4-10-8(7)9/h2-4,6H,5H2,1H3,(H,11,12,13)/t6-/m1/s1. The van der Waals surface area contributed by atoms with E-state index in [1.165, 1.54) is 6.20 Å². The van der Waals surface area contributed by atoms with Crippen molar-refractivity contribution in [3.63, 3.8) is 0 Å². The van der Waals surface area contributed by atoms with Crippen LogP contribution in [0.2, 0.25) is 5.15 Å². The first kappa shape index (κ1) is 13.2. The fraction of sp³-hybridized carbons (Fsp3) is 0.375. The molecule has 0 unspecified atom stereocenters. The third-order valence-corrected chi connectivity index (χ3v) is 2.22. The molecule has 90 valence electrons. The summed E-state index contributed by atoms with van der Waals surface area (Å²) in [4.78, 5) is 3.77. The van der Waals surface area contributed by atoms with Gasteiger partial charge in [0.1, 0.15) is 12.7 Å². The third-order valence-electron chi connectivity index (χ3n) is 1.50. The number of aromatic nitrogens is 1. The number of rotatable bonds is 5. The van der Waals surface area contributed by atoms with Crippen LogP contribution in [0.15, 0.2) is 18.3 Å². The van der Waals surface area contributed by atoms with Crippen molar-refractivity contribution >= 4 is 22.0 Å². The number of halogens is 1. The maximum absolute atomic E-state index is 10.3. The normalized spacial score (nSPS) is 13.4. The van der Waals surface area contributed by atoms with E-state index in [9.17, 15) is 8.42 Å². The zero-order chi connectivity index (χ0) is 12.2. The van der Waals surface area contributed by atoms with Crippen molar-refractivity contribution in [2.45, 2.75) is 13.0 Å². The first-order valence-corrected chi connectivity index (χ1v) is 6.02. The lowest BCUT2D eigenvalue weighted by molar-refractivity contribution is 0.136. The number of pyridine rings is 1. The van der Waals surface area contributed by atoms with Crippen LogP contribution in [0, 0.1) is 0 Å². The van der Waals surface area contributed by atoms with Crippen molar-refractivity contribution in [3.05, 3.63) is 23.5 Å². The molecule has 1 N–H and O–H groups in total. The predicted molar refractivity (Wildman–Crippen MR) is 56.8 cm³/mol. The van der Waals surface area contributed by atoms with Gasteiger partial charge in [-0.1, -0.05) is 11.6 Å². The van der Waals surface area contributed by atoms with E-state index < -0.39 is 16.5 Å². The van der Waals surface area contributed by atoms with Crippen molar-refractivity contribution in [1.82, 2.24) is 4.98 Å². The molecule has 0 fully saturated rings. The molecule has 0 aliphatic rings. The summed E-state index contributed by atoms with van der Waals surface area (Å²) in [7, 11) is -4.45. The largest absolute Gasteiger partial charge is 0.485 e. The zero-order valence-electron chi connectivity index (χ0n) is 8.33. The molecule has 0 aliphatic heterocycles. The minimum absolute atomic E-state index is 0.168.